The molecule has 1 aromatic rings. The minimum absolute atomic E-state index is 0.0904. The molecule has 0 saturated heterocycles. The molecular weight excluding hydrogens is 180 g/mol. The first kappa shape index (κ1) is 11.2. The van der Waals surface area contributed by atoms with Crippen LogP contribution in [0.3, 0.4) is 0 Å². The molecule has 14 heavy (non-hydrogen) atoms. The van der Waals surface area contributed by atoms with Crippen LogP contribution in [0.25, 0.3) is 0 Å². The lowest BCUT2D eigenvalue weighted by molar-refractivity contribution is -0.140. The third kappa shape index (κ3) is 3.89. The molecule has 0 fully saturated rings. The van der Waals surface area contributed by atoms with Crippen molar-refractivity contribution in [3.63, 3.8) is 0 Å². The fourth-order valence-corrected chi connectivity index (χ4v) is 1.26. The topological polar surface area (TPSA) is 36.3 Å². The van der Waals surface area contributed by atoms with Crippen molar-refractivity contribution in [2.45, 2.75) is 33.1 Å². The highest BCUT2D eigenvalue weighted by atomic mass is 16.7. The summed E-state index contributed by atoms with van der Waals surface area (Å²) in [5.41, 5.74) is 0. The molecule has 1 aromatic heterocycles. The Labute approximate surface area is 84.9 Å². The van der Waals surface area contributed by atoms with E-state index < -0.39 is 0 Å². The molecule has 0 saturated carbocycles. The van der Waals surface area contributed by atoms with E-state index in [1.165, 1.54) is 0 Å². The van der Waals surface area contributed by atoms with Crippen LogP contribution in [0, 0.1) is 0 Å². The first-order valence-electron chi connectivity index (χ1n) is 5.05. The number of ether oxygens (including phenoxy) is 2. The molecule has 0 aliphatic rings. The lowest BCUT2D eigenvalue weighted by Gasteiger charge is -2.16. The van der Waals surface area contributed by atoms with Gasteiger partial charge in [-0.1, -0.05) is 0 Å². The molecule has 1 heterocycles. The highest BCUT2D eigenvalue weighted by Crippen LogP contribution is 2.03. The van der Waals surface area contributed by atoms with E-state index in [0.29, 0.717) is 13.2 Å². The highest BCUT2D eigenvalue weighted by molar-refractivity contribution is 4.73. The highest BCUT2D eigenvalue weighted by Gasteiger charge is 2.07. The monoisotopic (exact) mass is 198 g/mol. The van der Waals surface area contributed by atoms with Crippen LogP contribution in [0.4, 0.5) is 0 Å². The number of nitrogens with zero attached hydrogens (tertiary/aromatic N) is 2. The van der Waals surface area contributed by atoms with E-state index >= 15 is 0 Å². The summed E-state index contributed by atoms with van der Waals surface area (Å²) in [6.07, 6.45) is 6.28. The van der Waals surface area contributed by atoms with Crippen molar-refractivity contribution in [1.29, 1.82) is 0 Å². The Kier molecular flexibility index (Phi) is 5.25. The van der Waals surface area contributed by atoms with Gasteiger partial charge in [0.1, 0.15) is 0 Å². The van der Waals surface area contributed by atoms with E-state index in [0.717, 1.165) is 13.0 Å². The van der Waals surface area contributed by atoms with Crippen LogP contribution < -0.4 is 0 Å². The molecule has 80 valence electrons. The van der Waals surface area contributed by atoms with Crippen molar-refractivity contribution in [2.75, 3.05) is 13.2 Å². The lowest BCUT2D eigenvalue weighted by Crippen LogP contribution is -2.19. The minimum atomic E-state index is -0.0904. The van der Waals surface area contributed by atoms with E-state index in [1.54, 1.807) is 12.5 Å². The SMILES string of the molecule is CCOC(CCn1ccnc1)OCC. The number of imidazole rings is 1. The van der Waals surface area contributed by atoms with Gasteiger partial charge in [0.25, 0.3) is 0 Å². The van der Waals surface area contributed by atoms with Crippen LogP contribution in [0.15, 0.2) is 18.7 Å². The van der Waals surface area contributed by atoms with Crippen LogP contribution >= 0.6 is 0 Å². The van der Waals surface area contributed by atoms with Gasteiger partial charge in [0.05, 0.1) is 6.33 Å². The molecule has 0 aliphatic carbocycles. The molecule has 0 unspecified atom stereocenters. The molecule has 0 spiro atoms. The predicted octanol–water partition coefficient (Wildman–Crippen LogP) is 1.67. The summed E-state index contributed by atoms with van der Waals surface area (Å²) in [4.78, 5) is 3.97. The summed E-state index contributed by atoms with van der Waals surface area (Å²) in [5.74, 6) is 0. The zero-order chi connectivity index (χ0) is 10.2. The zero-order valence-corrected chi connectivity index (χ0v) is 8.85. The Balaban J connectivity index is 2.25. The molecule has 0 aliphatic heterocycles. The maximum absolute atomic E-state index is 5.42. The Morgan fingerprint density at radius 3 is 2.50 bits per heavy atom. The van der Waals surface area contributed by atoms with Crippen LogP contribution in [0.2, 0.25) is 0 Å². The van der Waals surface area contributed by atoms with Gasteiger partial charge in [-0.2, -0.15) is 0 Å². The first-order valence-corrected chi connectivity index (χ1v) is 5.05. The predicted molar refractivity (Wildman–Crippen MR) is 53.9 cm³/mol. The second kappa shape index (κ2) is 6.56. The van der Waals surface area contributed by atoms with Gasteiger partial charge in [-0.3, -0.25) is 0 Å². The fraction of sp³-hybridized carbons (Fsp3) is 0.700. The Hall–Kier alpha value is -0.870. The van der Waals surface area contributed by atoms with Crippen LogP contribution in [0.5, 0.6) is 0 Å². The summed E-state index contributed by atoms with van der Waals surface area (Å²) in [6.45, 7) is 6.21. The average molecular weight is 198 g/mol. The number of aryl methyl sites for hydroxylation is 1. The van der Waals surface area contributed by atoms with E-state index in [9.17, 15) is 0 Å². The van der Waals surface area contributed by atoms with Crippen molar-refractivity contribution in [3.05, 3.63) is 18.7 Å². The molecule has 0 N–H and O–H groups in total. The standard InChI is InChI=1S/C10H18N2O2/c1-3-13-10(14-4-2)5-7-12-8-6-11-9-12/h6,8-10H,3-5,7H2,1-2H3. The van der Waals surface area contributed by atoms with Crippen molar-refractivity contribution >= 4 is 0 Å². The number of hydrogen-bond donors (Lipinski definition) is 0. The second-order valence-electron chi connectivity index (χ2n) is 2.93. The Morgan fingerprint density at radius 1 is 1.29 bits per heavy atom. The average Bonchev–Trinajstić information content (AvgIpc) is 2.67. The molecule has 4 nitrogen and oxygen atoms in total. The van der Waals surface area contributed by atoms with E-state index in [2.05, 4.69) is 4.98 Å². The van der Waals surface area contributed by atoms with Crippen LogP contribution in [-0.4, -0.2) is 29.1 Å². The molecule has 4 heteroatoms. The van der Waals surface area contributed by atoms with Gasteiger partial charge in [-0.05, 0) is 13.8 Å². The molecule has 0 aromatic carbocycles. The van der Waals surface area contributed by atoms with Gasteiger partial charge in [0, 0.05) is 38.6 Å². The lowest BCUT2D eigenvalue weighted by atomic mass is 10.4. The zero-order valence-electron chi connectivity index (χ0n) is 8.85. The minimum Gasteiger partial charge on any atom is -0.353 e. The van der Waals surface area contributed by atoms with Crippen molar-refractivity contribution < 1.29 is 9.47 Å². The third-order valence-corrected chi connectivity index (χ3v) is 1.89. The summed E-state index contributed by atoms with van der Waals surface area (Å²) < 4.78 is 12.9. The molecule has 0 amide bonds. The quantitative estimate of drug-likeness (QED) is 0.625. The number of aromatic nitrogens is 2. The first-order chi connectivity index (χ1) is 6.86. The van der Waals surface area contributed by atoms with Crippen LogP contribution in [0.1, 0.15) is 20.3 Å². The molecule has 1 rings (SSSR count). The van der Waals surface area contributed by atoms with E-state index in [-0.39, 0.29) is 6.29 Å². The third-order valence-electron chi connectivity index (χ3n) is 1.89. The molecule has 0 radical (unpaired) electrons. The van der Waals surface area contributed by atoms with Crippen molar-refractivity contribution in [2.24, 2.45) is 0 Å². The summed E-state index contributed by atoms with van der Waals surface area (Å²) in [5, 5.41) is 0. The largest absolute Gasteiger partial charge is 0.353 e. The van der Waals surface area contributed by atoms with Crippen LogP contribution in [-0.2, 0) is 16.0 Å². The second-order valence-corrected chi connectivity index (χ2v) is 2.93. The summed E-state index contributed by atoms with van der Waals surface area (Å²) in [6, 6.07) is 0. The normalized spacial score (nSPS) is 11.1. The van der Waals surface area contributed by atoms with Crippen molar-refractivity contribution in [1.82, 2.24) is 9.55 Å². The Morgan fingerprint density at radius 2 is 2.00 bits per heavy atom. The fourth-order valence-electron chi connectivity index (χ4n) is 1.26. The summed E-state index contributed by atoms with van der Waals surface area (Å²) in [7, 11) is 0. The van der Waals surface area contributed by atoms with Crippen molar-refractivity contribution in [3.8, 4) is 0 Å². The summed E-state index contributed by atoms with van der Waals surface area (Å²) >= 11 is 0. The Bertz CT molecular complexity index is 218. The molecule has 0 bridgehead atoms. The van der Waals surface area contributed by atoms with Gasteiger partial charge < -0.3 is 14.0 Å². The van der Waals surface area contributed by atoms with E-state index in [1.807, 2.05) is 24.6 Å². The maximum atomic E-state index is 5.42. The van der Waals surface area contributed by atoms with Gasteiger partial charge in [-0.25, -0.2) is 4.98 Å². The van der Waals surface area contributed by atoms with Gasteiger partial charge in [-0.15, -0.1) is 0 Å². The van der Waals surface area contributed by atoms with Gasteiger partial charge >= 0.3 is 0 Å². The smallest absolute Gasteiger partial charge is 0.159 e. The van der Waals surface area contributed by atoms with E-state index in [4.69, 9.17) is 9.47 Å². The maximum Gasteiger partial charge on any atom is 0.159 e. The van der Waals surface area contributed by atoms with Gasteiger partial charge in [0.2, 0.25) is 0 Å². The molecule has 0 atom stereocenters. The number of hydrogen-bond acceptors (Lipinski definition) is 3. The number of rotatable bonds is 7. The molecular formula is C10H18N2O2. The van der Waals surface area contributed by atoms with Gasteiger partial charge in [0.15, 0.2) is 6.29 Å².